The molecule has 6 atom stereocenters. The molecule has 0 saturated carbocycles. The van der Waals surface area contributed by atoms with E-state index in [9.17, 15) is 0 Å². The summed E-state index contributed by atoms with van der Waals surface area (Å²) in [6.07, 6.45) is 58.0. The molecule has 0 fully saturated rings. The first-order valence-electron chi connectivity index (χ1n) is 24.5. The van der Waals surface area contributed by atoms with Crippen molar-refractivity contribution in [3.8, 4) is 0 Å². The minimum Gasteiger partial charge on any atom is -0.347 e. The highest BCUT2D eigenvalue weighted by atomic mass is 15.5. The van der Waals surface area contributed by atoms with E-state index < -0.39 is 0 Å². The average molecular weight is 852 g/mol. The molecule has 9 aliphatic rings. The second-order valence-corrected chi connectivity index (χ2v) is 18.9. The molecule has 0 radical (unpaired) electrons. The number of amidine groups is 2. The quantitative estimate of drug-likeness (QED) is 0.260. The predicted octanol–water partition coefficient (Wildman–Crippen LogP) is 13.1. The SMILES string of the molecule is C1=CC=CC(C2=CCC(C3N=C(C4=C/CCCC(C5C=C(/C6=C(\c7ccccc7)N7NCC(C8=CCCC=C8)=C7C7CC=CC6CC7)C=CC5)/C=C\4)N=C(c4ccccc4)N3)C=C2)C=C1. The van der Waals surface area contributed by atoms with Crippen LogP contribution < -0.4 is 10.7 Å². The van der Waals surface area contributed by atoms with Gasteiger partial charge in [0, 0.05) is 47.0 Å². The molecule has 6 unspecified atom stereocenters. The van der Waals surface area contributed by atoms with Crippen molar-refractivity contribution >= 4 is 17.4 Å². The molecule has 0 saturated heterocycles. The number of hydrogen-bond donors (Lipinski definition) is 2. The van der Waals surface area contributed by atoms with Crippen LogP contribution in [0.2, 0.25) is 0 Å². The van der Waals surface area contributed by atoms with Crippen molar-refractivity contribution in [1.82, 2.24) is 15.8 Å². The monoisotopic (exact) mass is 851 g/mol. The van der Waals surface area contributed by atoms with Crippen LogP contribution in [0.25, 0.3) is 5.70 Å². The molecule has 3 heterocycles. The van der Waals surface area contributed by atoms with Gasteiger partial charge in [0.05, 0.1) is 5.70 Å². The summed E-state index contributed by atoms with van der Waals surface area (Å²) in [7, 11) is 0. The molecule has 326 valence electrons. The molecular weight excluding hydrogens is 791 g/mol. The van der Waals surface area contributed by atoms with Crippen LogP contribution in [-0.2, 0) is 0 Å². The van der Waals surface area contributed by atoms with Gasteiger partial charge in [-0.15, -0.1) is 0 Å². The summed E-state index contributed by atoms with van der Waals surface area (Å²) in [5.74, 6) is 3.88. The van der Waals surface area contributed by atoms with E-state index in [0.29, 0.717) is 29.6 Å². The molecule has 2 aromatic carbocycles. The number of allylic oxidation sites excluding steroid dienone is 22. The third-order valence-corrected chi connectivity index (χ3v) is 14.8. The molecule has 0 amide bonds. The van der Waals surface area contributed by atoms with Gasteiger partial charge in [0.15, 0.2) is 5.84 Å². The molecule has 6 aliphatic carbocycles. The summed E-state index contributed by atoms with van der Waals surface area (Å²) in [6, 6.07) is 21.8. The van der Waals surface area contributed by atoms with Crippen molar-refractivity contribution in [2.75, 3.05) is 6.54 Å². The zero-order valence-corrected chi connectivity index (χ0v) is 37.5. The first-order chi connectivity index (χ1) is 32.2. The predicted molar refractivity (Wildman–Crippen MR) is 270 cm³/mol. The second kappa shape index (κ2) is 19.0. The van der Waals surface area contributed by atoms with Gasteiger partial charge < -0.3 is 5.32 Å². The highest BCUT2D eigenvalue weighted by Gasteiger charge is 2.39. The number of aliphatic imine (C=N–C) groups is 2. The molecule has 0 spiro atoms. The van der Waals surface area contributed by atoms with E-state index in [1.54, 1.807) is 0 Å². The van der Waals surface area contributed by atoms with E-state index in [1.165, 1.54) is 51.2 Å². The second-order valence-electron chi connectivity index (χ2n) is 18.9. The highest BCUT2D eigenvalue weighted by molar-refractivity contribution is 6.13. The highest BCUT2D eigenvalue weighted by Crippen LogP contribution is 2.48. The van der Waals surface area contributed by atoms with Gasteiger partial charge in [-0.25, -0.2) is 15.4 Å². The Hall–Kier alpha value is -6.30. The van der Waals surface area contributed by atoms with E-state index >= 15 is 0 Å². The average Bonchev–Trinajstić information content (AvgIpc) is 3.47. The molecule has 2 bridgehead atoms. The number of rotatable bonds is 8. The van der Waals surface area contributed by atoms with Gasteiger partial charge in [-0.05, 0) is 109 Å². The Morgan fingerprint density at radius 1 is 0.600 bits per heavy atom. The van der Waals surface area contributed by atoms with Crippen molar-refractivity contribution in [2.24, 2.45) is 45.5 Å². The van der Waals surface area contributed by atoms with Crippen molar-refractivity contribution in [2.45, 2.75) is 70.4 Å². The zero-order chi connectivity index (χ0) is 43.4. The number of nitrogens with zero attached hydrogens (tertiary/aromatic N) is 3. The van der Waals surface area contributed by atoms with Gasteiger partial charge >= 0.3 is 0 Å². The number of hydrogen-bond acceptors (Lipinski definition) is 5. The summed E-state index contributed by atoms with van der Waals surface area (Å²) in [5.41, 5.74) is 17.4. The maximum atomic E-state index is 5.41. The lowest BCUT2D eigenvalue weighted by atomic mass is 9.76. The molecule has 2 N–H and O–H groups in total. The van der Waals surface area contributed by atoms with Crippen LogP contribution in [0.15, 0.2) is 231 Å². The Kier molecular flexibility index (Phi) is 12.1. The fourth-order valence-corrected chi connectivity index (χ4v) is 11.4. The maximum Gasteiger partial charge on any atom is 0.158 e. The molecule has 5 heteroatoms. The van der Waals surface area contributed by atoms with Crippen molar-refractivity contribution in [3.05, 3.63) is 232 Å². The Bertz CT molecular complexity index is 2650. The van der Waals surface area contributed by atoms with Gasteiger partial charge in [0.1, 0.15) is 12.0 Å². The first-order valence-corrected chi connectivity index (χ1v) is 24.5. The Balaban J connectivity index is 0.917. The van der Waals surface area contributed by atoms with E-state index in [4.69, 9.17) is 9.98 Å². The van der Waals surface area contributed by atoms with Crippen LogP contribution in [0.1, 0.15) is 75.3 Å². The Labute approximate surface area is 386 Å². The molecule has 0 aromatic heterocycles. The lowest BCUT2D eigenvalue weighted by molar-refractivity contribution is 0.334. The first kappa shape index (κ1) is 41.4. The molecule has 2 aromatic rings. The standard InChI is InChI=1S/C60H61N5/c1-2-7-19-42(18-6-1)44-33-38-51(39-34-44)60-63-58(49-25-12-5-13-26-49)62-59(64-60)50-27-15-14-20-43(32-37-50)52-30-17-31-53(40-52)55-46-28-16-29-48(36-35-46)56-54(45-21-8-3-9-22-45)41-61-65(56)57(55)47-23-10-4-11-24-47/h1-2,4-8,10-13,16-19,21-28,31-34,37-38,40,42-43,46,48,51-52,60-61H,3,9,14-15,20,29-30,35-36,39,41H2,(H,62,63,64)/b37-32-,50-27+,57-55+. The summed E-state index contributed by atoms with van der Waals surface area (Å²) < 4.78 is 0. The van der Waals surface area contributed by atoms with Gasteiger partial charge in [0.2, 0.25) is 0 Å². The van der Waals surface area contributed by atoms with Crippen LogP contribution in [0.3, 0.4) is 0 Å². The molecule has 65 heavy (non-hydrogen) atoms. The van der Waals surface area contributed by atoms with Crippen LogP contribution in [0.5, 0.6) is 0 Å². The minimum absolute atomic E-state index is 0.116. The number of benzene rings is 2. The fraction of sp³-hybridized carbons (Fsp3) is 0.300. The van der Waals surface area contributed by atoms with E-state index in [2.05, 4.69) is 198 Å². The smallest absolute Gasteiger partial charge is 0.158 e. The zero-order valence-electron chi connectivity index (χ0n) is 37.5. The molecule has 5 nitrogen and oxygen atoms in total. The van der Waals surface area contributed by atoms with E-state index in [1.807, 2.05) is 0 Å². The lowest BCUT2D eigenvalue weighted by Crippen LogP contribution is -2.43. The topological polar surface area (TPSA) is 52.0 Å². The van der Waals surface area contributed by atoms with Gasteiger partial charge in [-0.3, -0.25) is 5.01 Å². The van der Waals surface area contributed by atoms with Crippen LogP contribution >= 0.6 is 0 Å². The molecule has 3 aliphatic heterocycles. The van der Waals surface area contributed by atoms with Gasteiger partial charge in [-0.2, -0.15) is 0 Å². The normalized spacial score (nSPS) is 31.2. The number of fused-ring (bicyclic) bond motifs is 5. The van der Waals surface area contributed by atoms with Crippen LogP contribution in [-0.4, -0.2) is 29.4 Å². The van der Waals surface area contributed by atoms with Crippen molar-refractivity contribution in [3.63, 3.8) is 0 Å². The van der Waals surface area contributed by atoms with Crippen molar-refractivity contribution in [1.29, 1.82) is 0 Å². The summed E-state index contributed by atoms with van der Waals surface area (Å²) in [5, 5.41) is 6.30. The van der Waals surface area contributed by atoms with E-state index in [0.717, 1.165) is 87.1 Å². The number of nitrogens with one attached hydrogen (secondary N) is 2. The molecular formula is C60H61N5. The number of hydrazine groups is 1. The Morgan fingerprint density at radius 3 is 2.20 bits per heavy atom. The van der Waals surface area contributed by atoms with Crippen LogP contribution in [0.4, 0.5) is 0 Å². The molecule has 11 rings (SSSR count). The van der Waals surface area contributed by atoms with Crippen LogP contribution in [0, 0.1) is 35.5 Å². The van der Waals surface area contributed by atoms with Gasteiger partial charge in [0.25, 0.3) is 0 Å². The summed E-state index contributed by atoms with van der Waals surface area (Å²) in [6.45, 7) is 0.864. The Morgan fingerprint density at radius 2 is 1.40 bits per heavy atom. The minimum atomic E-state index is -0.116. The lowest BCUT2D eigenvalue weighted by Gasteiger charge is -2.37. The third-order valence-electron chi connectivity index (χ3n) is 14.8. The van der Waals surface area contributed by atoms with Gasteiger partial charge in [-0.1, -0.05) is 182 Å². The fourth-order valence-electron chi connectivity index (χ4n) is 11.4. The van der Waals surface area contributed by atoms with Crippen molar-refractivity contribution < 1.29 is 0 Å². The maximum absolute atomic E-state index is 5.41. The largest absolute Gasteiger partial charge is 0.347 e. The third kappa shape index (κ3) is 8.79. The summed E-state index contributed by atoms with van der Waals surface area (Å²) in [4.78, 5) is 10.7. The summed E-state index contributed by atoms with van der Waals surface area (Å²) >= 11 is 0. The van der Waals surface area contributed by atoms with E-state index in [-0.39, 0.29) is 12.1 Å².